The molecule has 0 N–H and O–H groups in total. The van der Waals surface area contributed by atoms with E-state index in [4.69, 9.17) is 11.8 Å². The maximum Gasteiger partial charge on any atom is 0.346 e. The minimum Gasteiger partial charge on any atom is -0.471 e. The van der Waals surface area contributed by atoms with Gasteiger partial charge in [-0.3, -0.25) is 0 Å². The van der Waals surface area contributed by atoms with Gasteiger partial charge in [0, 0.05) is 0 Å². The molecule has 0 radical (unpaired) electrons. The predicted octanol–water partition coefficient (Wildman–Crippen LogP) is 1.70. The van der Waals surface area contributed by atoms with E-state index >= 15 is 0 Å². The SMILES string of the molecule is [C-]#[N+]c1ccc(C#N)o1. The van der Waals surface area contributed by atoms with Gasteiger partial charge in [0.1, 0.15) is 6.07 Å². The van der Waals surface area contributed by atoms with Gasteiger partial charge in [-0.15, -0.1) is 0 Å². The van der Waals surface area contributed by atoms with Crippen molar-refractivity contribution in [1.82, 2.24) is 0 Å². The van der Waals surface area contributed by atoms with Gasteiger partial charge < -0.3 is 4.42 Å². The third kappa shape index (κ3) is 0.896. The predicted molar refractivity (Wildman–Crippen MR) is 29.7 cm³/mol. The highest BCUT2D eigenvalue weighted by molar-refractivity contribution is 5.35. The van der Waals surface area contributed by atoms with Crippen LogP contribution in [-0.2, 0) is 0 Å². The van der Waals surface area contributed by atoms with Gasteiger partial charge >= 0.3 is 5.88 Å². The Kier molecular flexibility index (Phi) is 1.21. The minimum atomic E-state index is 0.159. The Bertz CT molecular complexity index is 258. The van der Waals surface area contributed by atoms with Gasteiger partial charge in [0.2, 0.25) is 0 Å². The van der Waals surface area contributed by atoms with Crippen molar-refractivity contribution < 1.29 is 4.42 Å². The summed E-state index contributed by atoms with van der Waals surface area (Å²) >= 11 is 0. The zero-order chi connectivity index (χ0) is 6.69. The number of furan rings is 1. The molecule has 0 aliphatic carbocycles. The Morgan fingerprint density at radius 2 is 2.44 bits per heavy atom. The van der Waals surface area contributed by atoms with E-state index in [1.54, 1.807) is 6.07 Å². The lowest BCUT2D eigenvalue weighted by atomic mass is 10.5. The number of rotatable bonds is 0. The first kappa shape index (κ1) is 5.40. The molecule has 1 heterocycles. The standard InChI is InChI=1S/C6H2N2O/c1-8-6-3-2-5(4-7)9-6/h2-3H. The van der Waals surface area contributed by atoms with Crippen molar-refractivity contribution in [2.75, 3.05) is 0 Å². The van der Waals surface area contributed by atoms with E-state index in [1.807, 2.05) is 0 Å². The molecule has 0 saturated heterocycles. The molecule has 3 nitrogen and oxygen atoms in total. The van der Waals surface area contributed by atoms with Crippen LogP contribution in [0, 0.1) is 17.9 Å². The molecule has 0 spiro atoms. The Morgan fingerprint density at radius 1 is 1.67 bits per heavy atom. The summed E-state index contributed by atoms with van der Waals surface area (Å²) < 4.78 is 4.67. The molecule has 0 aromatic carbocycles. The van der Waals surface area contributed by atoms with Crippen LogP contribution in [0.1, 0.15) is 5.76 Å². The third-order valence-corrected chi connectivity index (χ3v) is 0.812. The van der Waals surface area contributed by atoms with Crippen LogP contribution in [0.2, 0.25) is 0 Å². The summed E-state index contributed by atoms with van der Waals surface area (Å²) in [6, 6.07) is 4.70. The van der Waals surface area contributed by atoms with Crippen LogP contribution in [0.15, 0.2) is 16.5 Å². The summed E-state index contributed by atoms with van der Waals surface area (Å²) in [4.78, 5) is 2.97. The fraction of sp³-hybridized carbons (Fsp3) is 0. The van der Waals surface area contributed by atoms with Crippen molar-refractivity contribution in [3.63, 3.8) is 0 Å². The van der Waals surface area contributed by atoms with Crippen LogP contribution in [0.4, 0.5) is 5.88 Å². The molecule has 0 aliphatic rings. The molecular weight excluding hydrogens is 116 g/mol. The largest absolute Gasteiger partial charge is 0.471 e. The topological polar surface area (TPSA) is 41.3 Å². The van der Waals surface area contributed by atoms with Crippen LogP contribution < -0.4 is 0 Å². The average Bonchev–Trinajstić information content (AvgIpc) is 2.34. The van der Waals surface area contributed by atoms with E-state index in [9.17, 15) is 0 Å². The van der Waals surface area contributed by atoms with Crippen LogP contribution in [0.5, 0.6) is 0 Å². The molecule has 9 heavy (non-hydrogen) atoms. The number of hydrogen-bond donors (Lipinski definition) is 0. The highest BCUT2D eigenvalue weighted by atomic mass is 16.4. The molecule has 0 unspecified atom stereocenters. The normalized spacial score (nSPS) is 7.78. The van der Waals surface area contributed by atoms with Crippen LogP contribution in [-0.4, -0.2) is 0 Å². The number of hydrogen-bond acceptors (Lipinski definition) is 2. The number of nitriles is 1. The second-order valence-corrected chi connectivity index (χ2v) is 1.36. The van der Waals surface area contributed by atoms with Gasteiger partial charge in [0.15, 0.2) is 5.76 Å². The van der Waals surface area contributed by atoms with E-state index < -0.39 is 0 Å². The van der Waals surface area contributed by atoms with Crippen molar-refractivity contribution in [2.24, 2.45) is 0 Å². The van der Waals surface area contributed by atoms with Gasteiger partial charge in [-0.1, -0.05) is 0 Å². The molecule has 0 fully saturated rings. The van der Waals surface area contributed by atoms with E-state index in [2.05, 4.69) is 9.26 Å². The van der Waals surface area contributed by atoms with E-state index in [0.717, 1.165) is 0 Å². The molecule has 1 aromatic heterocycles. The van der Waals surface area contributed by atoms with Gasteiger partial charge in [-0.05, 0) is 12.1 Å². The van der Waals surface area contributed by atoms with Crippen molar-refractivity contribution in [1.29, 1.82) is 5.26 Å². The lowest BCUT2D eigenvalue weighted by Crippen LogP contribution is -1.55. The lowest BCUT2D eigenvalue weighted by molar-refractivity contribution is 0.577. The average molecular weight is 118 g/mol. The van der Waals surface area contributed by atoms with E-state index in [1.165, 1.54) is 12.1 Å². The Labute approximate surface area is 52.0 Å². The zero-order valence-electron chi connectivity index (χ0n) is 4.46. The Hall–Kier alpha value is -1.74. The van der Waals surface area contributed by atoms with Crippen LogP contribution >= 0.6 is 0 Å². The summed E-state index contributed by atoms with van der Waals surface area (Å²) in [5, 5.41) is 8.20. The fourth-order valence-corrected chi connectivity index (χ4v) is 0.448. The first-order valence-corrected chi connectivity index (χ1v) is 2.24. The minimum absolute atomic E-state index is 0.159. The van der Waals surface area contributed by atoms with Crippen molar-refractivity contribution in [3.8, 4) is 6.07 Å². The molecule has 1 aromatic rings. The lowest BCUT2D eigenvalue weighted by Gasteiger charge is -1.73. The highest BCUT2D eigenvalue weighted by Gasteiger charge is 1.96. The molecule has 0 amide bonds. The number of nitrogens with zero attached hydrogens (tertiary/aromatic N) is 2. The van der Waals surface area contributed by atoms with Gasteiger partial charge in [0.25, 0.3) is 0 Å². The van der Waals surface area contributed by atoms with Gasteiger partial charge in [-0.2, -0.15) is 10.1 Å². The summed E-state index contributed by atoms with van der Waals surface area (Å²) in [6.45, 7) is 6.45. The molecule has 1 rings (SSSR count). The maximum absolute atomic E-state index is 8.20. The highest BCUT2D eigenvalue weighted by Crippen LogP contribution is 2.14. The van der Waals surface area contributed by atoms with Crippen molar-refractivity contribution in [3.05, 3.63) is 29.3 Å². The monoisotopic (exact) mass is 118 g/mol. The molecular formula is C6H2N2O. The van der Waals surface area contributed by atoms with Gasteiger partial charge in [-0.25, -0.2) is 0 Å². The Morgan fingerprint density at radius 3 is 2.78 bits per heavy atom. The second kappa shape index (κ2) is 2.02. The first-order chi connectivity index (χ1) is 4.36. The summed E-state index contributed by atoms with van der Waals surface area (Å²) in [6.07, 6.45) is 0. The maximum atomic E-state index is 8.20. The van der Waals surface area contributed by atoms with Gasteiger partial charge in [0.05, 0.1) is 6.57 Å². The van der Waals surface area contributed by atoms with Crippen molar-refractivity contribution in [2.45, 2.75) is 0 Å². The van der Waals surface area contributed by atoms with Crippen molar-refractivity contribution >= 4 is 5.88 Å². The molecule has 42 valence electrons. The molecule has 0 saturated carbocycles. The smallest absolute Gasteiger partial charge is 0.346 e. The Balaban J connectivity index is 3.08. The summed E-state index contributed by atoms with van der Waals surface area (Å²) in [5.41, 5.74) is 0. The first-order valence-electron chi connectivity index (χ1n) is 2.24. The molecule has 3 heteroatoms. The summed E-state index contributed by atoms with van der Waals surface area (Å²) in [7, 11) is 0. The van der Waals surface area contributed by atoms with E-state index in [0.29, 0.717) is 0 Å². The molecule has 0 aliphatic heterocycles. The fourth-order valence-electron chi connectivity index (χ4n) is 0.448. The van der Waals surface area contributed by atoms with E-state index in [-0.39, 0.29) is 11.6 Å². The zero-order valence-corrected chi connectivity index (χ0v) is 4.46. The summed E-state index contributed by atoms with van der Waals surface area (Å²) in [5.74, 6) is 0.340. The van der Waals surface area contributed by atoms with Crippen LogP contribution in [0.3, 0.4) is 0 Å². The molecule has 0 bridgehead atoms. The molecule has 0 atom stereocenters. The van der Waals surface area contributed by atoms with Crippen LogP contribution in [0.25, 0.3) is 4.85 Å². The quantitative estimate of drug-likeness (QED) is 0.486. The third-order valence-electron chi connectivity index (χ3n) is 0.812. The second-order valence-electron chi connectivity index (χ2n) is 1.36.